The Morgan fingerprint density at radius 3 is 2.40 bits per heavy atom. The Labute approximate surface area is 256 Å². The van der Waals surface area contributed by atoms with Crippen LogP contribution in [0.2, 0.25) is 0 Å². The number of benzene rings is 2. The first-order chi connectivity index (χ1) is 20.1. The van der Waals surface area contributed by atoms with Crippen LogP contribution >= 0.6 is 23.5 Å². The summed E-state index contributed by atoms with van der Waals surface area (Å²) in [4.78, 5) is 42.7. The van der Waals surface area contributed by atoms with Gasteiger partial charge in [-0.25, -0.2) is 9.59 Å². The summed E-state index contributed by atoms with van der Waals surface area (Å²) in [7, 11) is 1.39. The molecule has 6 atom stereocenters. The molecule has 0 heterocycles. The van der Waals surface area contributed by atoms with E-state index < -0.39 is 23.0 Å². The number of thioether (sulfide) groups is 1. The third kappa shape index (κ3) is 4.68. The maximum absolute atomic E-state index is 13.7. The average Bonchev–Trinajstić information content (AvgIpc) is 3.30. The zero-order valence-electron chi connectivity index (χ0n) is 24.7. The highest BCUT2D eigenvalue weighted by Crippen LogP contribution is 2.68. The fourth-order valence-corrected chi connectivity index (χ4v) is 9.99. The second-order valence-electron chi connectivity index (χ2n) is 12.6. The summed E-state index contributed by atoms with van der Waals surface area (Å²) >= 11 is 3.35. The van der Waals surface area contributed by atoms with Crippen molar-refractivity contribution in [1.82, 2.24) is 0 Å². The fraction of sp³-hybridized carbons (Fsp3) is 0.457. The Kier molecular flexibility index (Phi) is 7.72. The van der Waals surface area contributed by atoms with Gasteiger partial charge >= 0.3 is 11.9 Å². The Bertz CT molecular complexity index is 1480. The van der Waals surface area contributed by atoms with Crippen LogP contribution in [-0.4, -0.2) is 36.7 Å². The van der Waals surface area contributed by atoms with Gasteiger partial charge in [-0.1, -0.05) is 43.3 Å². The van der Waals surface area contributed by atoms with Crippen molar-refractivity contribution in [2.75, 3.05) is 13.4 Å². The number of carbonyl (C=O) groups excluding carboxylic acids is 3. The predicted molar refractivity (Wildman–Crippen MR) is 166 cm³/mol. The molecule has 0 spiro atoms. The van der Waals surface area contributed by atoms with Crippen molar-refractivity contribution < 1.29 is 23.9 Å². The maximum Gasteiger partial charge on any atom is 0.350 e. The monoisotopic (exact) mass is 602 g/mol. The SMILES string of the molecule is COC(=O)C1(OC(=O)c2ccc(Sc3cccc(SC)c3)cc2)CC[C@H]2[C@@H]3CCC4=CC(=O)C=C[C@]4(C)[C@H]3CC[C@@]21C. The van der Waals surface area contributed by atoms with Crippen LogP contribution < -0.4 is 0 Å². The lowest BCUT2D eigenvalue weighted by Gasteiger charge is -2.57. The highest BCUT2D eigenvalue weighted by molar-refractivity contribution is 7.99. The van der Waals surface area contributed by atoms with Crippen molar-refractivity contribution in [1.29, 1.82) is 0 Å². The third-order valence-electron chi connectivity index (χ3n) is 10.8. The lowest BCUT2D eigenvalue weighted by molar-refractivity contribution is -0.185. The fourth-order valence-electron chi connectivity index (χ4n) is 8.58. The Morgan fingerprint density at radius 2 is 1.67 bits per heavy atom. The van der Waals surface area contributed by atoms with Crippen molar-refractivity contribution >= 4 is 41.2 Å². The number of ketones is 1. The summed E-state index contributed by atoms with van der Waals surface area (Å²) in [6.45, 7) is 4.41. The zero-order chi connectivity index (χ0) is 29.7. The van der Waals surface area contributed by atoms with Crippen LogP contribution in [0.5, 0.6) is 0 Å². The van der Waals surface area contributed by atoms with E-state index in [0.29, 0.717) is 23.8 Å². The summed E-state index contributed by atoms with van der Waals surface area (Å²) < 4.78 is 11.7. The zero-order valence-corrected chi connectivity index (χ0v) is 26.3. The Morgan fingerprint density at radius 1 is 0.929 bits per heavy atom. The van der Waals surface area contributed by atoms with Gasteiger partial charge in [0, 0.05) is 25.5 Å². The Balaban J connectivity index is 1.23. The van der Waals surface area contributed by atoms with Gasteiger partial charge in [0.25, 0.3) is 0 Å². The molecule has 0 radical (unpaired) electrons. The first-order valence-electron chi connectivity index (χ1n) is 14.8. The van der Waals surface area contributed by atoms with Gasteiger partial charge in [0.2, 0.25) is 5.60 Å². The minimum Gasteiger partial charge on any atom is -0.466 e. The second-order valence-corrected chi connectivity index (χ2v) is 14.6. The van der Waals surface area contributed by atoms with E-state index in [-0.39, 0.29) is 17.1 Å². The number of allylic oxidation sites excluding steroid dienone is 4. The van der Waals surface area contributed by atoms with Gasteiger partial charge in [-0.15, -0.1) is 11.8 Å². The number of ether oxygens (including phenoxy) is 2. The van der Waals surface area contributed by atoms with Crippen LogP contribution in [0.4, 0.5) is 0 Å². The van der Waals surface area contributed by atoms with Crippen molar-refractivity contribution in [3.05, 3.63) is 77.9 Å². The first kappa shape index (κ1) is 29.3. The van der Waals surface area contributed by atoms with E-state index in [4.69, 9.17) is 9.47 Å². The van der Waals surface area contributed by atoms with Crippen LogP contribution in [0.25, 0.3) is 0 Å². The average molecular weight is 603 g/mol. The summed E-state index contributed by atoms with van der Waals surface area (Å²) in [6.07, 6.45) is 12.5. The smallest absolute Gasteiger partial charge is 0.350 e. The third-order valence-corrected chi connectivity index (χ3v) is 12.5. The molecule has 0 saturated heterocycles. The molecular weight excluding hydrogens is 565 g/mol. The van der Waals surface area contributed by atoms with Crippen molar-refractivity contribution in [3.63, 3.8) is 0 Å². The summed E-state index contributed by atoms with van der Waals surface area (Å²) in [5.74, 6) is 0.144. The largest absolute Gasteiger partial charge is 0.466 e. The van der Waals surface area contributed by atoms with Gasteiger partial charge in [0.1, 0.15) is 0 Å². The number of hydrogen-bond donors (Lipinski definition) is 0. The van der Waals surface area contributed by atoms with Gasteiger partial charge in [0.05, 0.1) is 12.7 Å². The van der Waals surface area contributed by atoms with E-state index in [1.807, 2.05) is 24.3 Å². The molecule has 5 nitrogen and oxygen atoms in total. The molecule has 0 aromatic heterocycles. The second kappa shape index (κ2) is 11.1. The molecule has 0 aliphatic heterocycles. The first-order valence-corrected chi connectivity index (χ1v) is 16.9. The van der Waals surface area contributed by atoms with Crippen LogP contribution in [0, 0.1) is 28.6 Å². The Hall–Kier alpha value is -2.77. The summed E-state index contributed by atoms with van der Waals surface area (Å²) in [6, 6.07) is 15.8. The van der Waals surface area contributed by atoms with Gasteiger partial charge in [-0.05, 0) is 117 Å². The molecule has 7 heteroatoms. The lowest BCUT2D eigenvalue weighted by Crippen LogP contribution is -2.59. The molecule has 0 amide bonds. The van der Waals surface area contributed by atoms with E-state index in [1.54, 1.807) is 41.7 Å². The molecule has 3 saturated carbocycles. The molecule has 4 aliphatic carbocycles. The van der Waals surface area contributed by atoms with E-state index in [2.05, 4.69) is 44.4 Å². The summed E-state index contributed by atoms with van der Waals surface area (Å²) in [5, 5.41) is 0. The molecule has 220 valence electrons. The molecule has 1 unspecified atom stereocenters. The highest BCUT2D eigenvalue weighted by Gasteiger charge is 2.69. The van der Waals surface area contributed by atoms with E-state index >= 15 is 0 Å². The quantitative estimate of drug-likeness (QED) is 0.246. The number of methoxy groups -OCH3 is 1. The van der Waals surface area contributed by atoms with Gasteiger partial charge in [0.15, 0.2) is 5.78 Å². The van der Waals surface area contributed by atoms with Crippen LogP contribution in [0.15, 0.2) is 87.0 Å². The maximum atomic E-state index is 13.7. The predicted octanol–water partition coefficient (Wildman–Crippen LogP) is 7.94. The topological polar surface area (TPSA) is 69.7 Å². The van der Waals surface area contributed by atoms with Crippen molar-refractivity contribution in [2.24, 2.45) is 28.6 Å². The van der Waals surface area contributed by atoms with Crippen molar-refractivity contribution in [3.8, 4) is 0 Å². The molecule has 42 heavy (non-hydrogen) atoms. The van der Waals surface area contributed by atoms with Crippen molar-refractivity contribution in [2.45, 2.75) is 72.7 Å². The van der Waals surface area contributed by atoms with Crippen LogP contribution in [0.1, 0.15) is 62.7 Å². The molecule has 0 bridgehead atoms. The normalized spacial score (nSPS) is 33.2. The van der Waals surface area contributed by atoms with Crippen LogP contribution in [0.3, 0.4) is 0 Å². The minimum atomic E-state index is -1.32. The standard InChI is InChI=1S/C35H38O5S2/c1-33-17-14-24(36)20-23(33)10-13-28-29(33)15-18-34(2)30(28)16-19-35(34,32(38)39-3)40-31(37)22-8-11-25(12-9-22)42-27-7-5-6-26(21-27)41-4/h5-9,11-12,14,17,20-21,28-30H,10,13,15-16,18-19H2,1-4H3/t28-,29+,30+,33+,34+,35?/m1/s1. The number of rotatable bonds is 6. The van der Waals surface area contributed by atoms with E-state index in [9.17, 15) is 14.4 Å². The van der Waals surface area contributed by atoms with Gasteiger partial charge in [-0.3, -0.25) is 4.79 Å². The highest BCUT2D eigenvalue weighted by atomic mass is 32.2. The molecule has 2 aromatic carbocycles. The molecule has 2 aromatic rings. The number of carbonyl (C=O) groups is 3. The lowest BCUT2D eigenvalue weighted by atomic mass is 9.47. The molecular formula is C35H38O5S2. The molecule has 4 aliphatic rings. The minimum absolute atomic E-state index is 0.0792. The molecule has 3 fully saturated rings. The summed E-state index contributed by atoms with van der Waals surface area (Å²) in [5.41, 5.74) is -0.321. The molecule has 0 N–H and O–H groups in total. The van der Waals surface area contributed by atoms with Gasteiger partial charge < -0.3 is 9.47 Å². The number of fused-ring (bicyclic) bond motifs is 5. The van der Waals surface area contributed by atoms with E-state index in [0.717, 1.165) is 41.9 Å². The number of esters is 2. The van der Waals surface area contributed by atoms with Crippen LogP contribution in [-0.2, 0) is 19.1 Å². The van der Waals surface area contributed by atoms with E-state index in [1.165, 1.54) is 17.6 Å². The number of hydrogen-bond acceptors (Lipinski definition) is 7. The van der Waals surface area contributed by atoms with Gasteiger partial charge in [-0.2, -0.15) is 0 Å². The molecule has 6 rings (SSSR count).